The van der Waals surface area contributed by atoms with Crippen molar-refractivity contribution in [2.75, 3.05) is 103 Å². The van der Waals surface area contributed by atoms with Crippen LogP contribution in [0.2, 0.25) is 0 Å². The summed E-state index contributed by atoms with van der Waals surface area (Å²) in [6, 6.07) is 16.4. The summed E-state index contributed by atoms with van der Waals surface area (Å²) in [7, 11) is -2.48. The molecule has 0 saturated carbocycles. The number of phosphoric ester groups is 1. The second-order valence-electron chi connectivity index (χ2n) is 17.8. The lowest BCUT2D eigenvalue weighted by Crippen LogP contribution is -2.30. The van der Waals surface area contributed by atoms with Crippen molar-refractivity contribution in [2.45, 2.75) is 68.6 Å². The van der Waals surface area contributed by atoms with E-state index in [1.165, 1.54) is 39.0 Å². The fraction of sp³-hybridized carbons (Fsp3) is 0.531. The van der Waals surface area contributed by atoms with E-state index in [-0.39, 0.29) is 68.4 Å². The van der Waals surface area contributed by atoms with Crippen LogP contribution in [0.5, 0.6) is 0 Å². The van der Waals surface area contributed by atoms with Crippen molar-refractivity contribution in [3.63, 3.8) is 0 Å². The third-order valence-corrected chi connectivity index (χ3v) is 18.3. The summed E-state index contributed by atoms with van der Waals surface area (Å²) >= 11 is 0. The summed E-state index contributed by atoms with van der Waals surface area (Å²) in [5, 5.41) is 8.45. The molecule has 4 aromatic rings. The molecule has 30 heteroatoms. The normalized spacial score (nSPS) is 17.0. The maximum atomic E-state index is 12.4. The van der Waals surface area contributed by atoms with Gasteiger partial charge in [0.1, 0.15) is 48.6 Å². The summed E-state index contributed by atoms with van der Waals surface area (Å²) < 4.78 is 78.8. The molecule has 0 radical (unpaired) electrons. The molecule has 3 heterocycles. The SMILES string of the molecule is CSSCOC1C[C@H](n2cc(C#CCNC(=O)OCCCCOCSSC(C)(C)CCOC(=O)NCCOCCOCCNC(=O)OCC3c4ccccc4-c4ccccc43)c3c(N)ncnc32)O[C@@H]1COP(=O)(O)O[PH](=O)O. The fourth-order valence-electron chi connectivity index (χ4n) is 8.03. The Morgan fingerprint density at radius 3 is 2.22 bits per heavy atom. The highest BCUT2D eigenvalue weighted by Gasteiger charge is 2.40. The van der Waals surface area contributed by atoms with E-state index >= 15 is 0 Å². The number of unbranched alkanes of at least 4 members (excludes halogenated alkanes) is 1. The van der Waals surface area contributed by atoms with Crippen LogP contribution in [0.3, 0.4) is 0 Å². The van der Waals surface area contributed by atoms with Crippen LogP contribution in [0.25, 0.3) is 22.2 Å². The number of amides is 3. The number of nitrogens with two attached hydrogens (primary N) is 1. The van der Waals surface area contributed by atoms with Crippen LogP contribution in [-0.2, 0) is 55.9 Å². The molecule has 1 fully saturated rings. The molecule has 7 N–H and O–H groups in total. The highest BCUT2D eigenvalue weighted by atomic mass is 33.1. The molecule has 1 aliphatic carbocycles. The van der Waals surface area contributed by atoms with Gasteiger partial charge in [-0.05, 0) is 61.6 Å². The van der Waals surface area contributed by atoms with Gasteiger partial charge >= 0.3 is 34.4 Å². The van der Waals surface area contributed by atoms with Gasteiger partial charge in [0, 0.05) is 43.0 Å². The Balaban J connectivity index is 0.742. The maximum absolute atomic E-state index is 12.4. The topological polar surface area (TPSA) is 311 Å². The van der Waals surface area contributed by atoms with Gasteiger partial charge in [-0.3, -0.25) is 9.09 Å². The maximum Gasteiger partial charge on any atom is 0.479 e. The van der Waals surface area contributed by atoms with Gasteiger partial charge in [-0.1, -0.05) is 104 Å². The lowest BCUT2D eigenvalue weighted by molar-refractivity contribution is -0.0518. The van der Waals surface area contributed by atoms with Gasteiger partial charge in [0.25, 0.3) is 0 Å². The van der Waals surface area contributed by atoms with Crippen molar-refractivity contribution >= 4 is 94.4 Å². The Labute approximate surface area is 474 Å². The zero-order chi connectivity index (χ0) is 56.5. The first-order valence-electron chi connectivity index (χ1n) is 25.0. The zero-order valence-electron chi connectivity index (χ0n) is 43.8. The summed E-state index contributed by atoms with van der Waals surface area (Å²) in [5.41, 5.74) is 11.7. The molecule has 6 rings (SSSR count). The van der Waals surface area contributed by atoms with E-state index in [2.05, 4.69) is 80.2 Å². The lowest BCUT2D eigenvalue weighted by Gasteiger charge is -2.22. The first-order valence-corrected chi connectivity index (χ1v) is 32.8. The number of nitrogens with one attached hydrogen (secondary N) is 3. The van der Waals surface area contributed by atoms with Crippen LogP contribution in [0.15, 0.2) is 61.1 Å². The first kappa shape index (κ1) is 63.9. The van der Waals surface area contributed by atoms with E-state index < -0.39 is 59.4 Å². The van der Waals surface area contributed by atoms with E-state index in [4.69, 9.17) is 53.0 Å². The molecule has 1 saturated heterocycles. The molecular weight excluding hydrogens is 1150 g/mol. The summed E-state index contributed by atoms with van der Waals surface area (Å²) in [6.07, 6.45) is 3.15. The predicted molar refractivity (Wildman–Crippen MR) is 304 cm³/mol. The molecule has 5 atom stereocenters. The second-order valence-corrected chi connectivity index (χ2v) is 25.7. The van der Waals surface area contributed by atoms with Crippen LogP contribution < -0.4 is 21.7 Å². The minimum atomic E-state index is -4.84. The quantitative estimate of drug-likeness (QED) is 0.00647. The molecule has 2 aliphatic rings. The third kappa shape index (κ3) is 21.5. The molecule has 2 aromatic heterocycles. The van der Waals surface area contributed by atoms with E-state index in [1.54, 1.807) is 32.4 Å². The number of rotatable bonds is 34. The average molecular weight is 1220 g/mol. The van der Waals surface area contributed by atoms with Gasteiger partial charge < -0.3 is 73.9 Å². The van der Waals surface area contributed by atoms with Crippen LogP contribution in [0.1, 0.15) is 68.4 Å². The van der Waals surface area contributed by atoms with Crippen LogP contribution >= 0.6 is 59.3 Å². The monoisotopic (exact) mass is 1220 g/mol. The molecule has 0 bridgehead atoms. The van der Waals surface area contributed by atoms with Crippen molar-refractivity contribution < 1.29 is 80.0 Å². The highest BCUT2D eigenvalue weighted by Crippen LogP contribution is 2.51. The van der Waals surface area contributed by atoms with Gasteiger partial charge in [-0.15, -0.1) is 0 Å². The lowest BCUT2D eigenvalue weighted by atomic mass is 9.98. The number of fused-ring (bicyclic) bond motifs is 4. The zero-order valence-corrected chi connectivity index (χ0v) is 49.0. The third-order valence-electron chi connectivity index (χ3n) is 11.7. The van der Waals surface area contributed by atoms with Gasteiger partial charge in [0.05, 0.1) is 69.8 Å². The molecule has 24 nitrogen and oxygen atoms in total. The Morgan fingerprint density at radius 1 is 0.861 bits per heavy atom. The highest BCUT2D eigenvalue weighted by molar-refractivity contribution is 8.77. The van der Waals surface area contributed by atoms with Crippen molar-refractivity contribution in [1.29, 1.82) is 0 Å². The Bertz CT molecular complexity index is 2700. The number of ether oxygens (including phenoxy) is 8. The number of alkyl carbamates (subject to hydrolysis) is 3. The van der Waals surface area contributed by atoms with Crippen LogP contribution in [0, 0.1) is 11.8 Å². The molecular formula is C49H67N7O17P2S4. The smallest absolute Gasteiger partial charge is 0.450 e. The van der Waals surface area contributed by atoms with Crippen LogP contribution in [0.4, 0.5) is 20.2 Å². The molecule has 1 aliphatic heterocycles. The number of nitrogen functional groups attached to an aromatic ring is 1. The van der Waals surface area contributed by atoms with Crippen molar-refractivity contribution in [2.24, 2.45) is 0 Å². The number of hydrogen-bond donors (Lipinski definition) is 6. The summed E-state index contributed by atoms with van der Waals surface area (Å²) in [4.78, 5) is 64.1. The molecule has 3 amide bonds. The van der Waals surface area contributed by atoms with Gasteiger partial charge in [-0.2, -0.15) is 0 Å². The number of anilines is 1. The van der Waals surface area contributed by atoms with Gasteiger partial charge in [-0.25, -0.2) is 33.2 Å². The number of benzene rings is 2. The Kier molecular flexibility index (Phi) is 27.2. The molecule has 0 spiro atoms. The summed E-state index contributed by atoms with van der Waals surface area (Å²) in [5.74, 6) is 6.76. The van der Waals surface area contributed by atoms with Crippen molar-refractivity contribution in [1.82, 2.24) is 30.5 Å². The number of nitrogens with zero attached hydrogens (tertiary/aromatic N) is 3. The van der Waals surface area contributed by atoms with Crippen LogP contribution in [-0.4, -0.2) is 157 Å². The van der Waals surface area contributed by atoms with Gasteiger partial charge in [0.2, 0.25) is 0 Å². The van der Waals surface area contributed by atoms with Gasteiger partial charge in [0.15, 0.2) is 0 Å². The van der Waals surface area contributed by atoms with E-state index in [9.17, 15) is 28.4 Å². The number of aromatic nitrogens is 3. The molecule has 79 heavy (non-hydrogen) atoms. The Morgan fingerprint density at radius 2 is 1.52 bits per heavy atom. The Hall–Kier alpha value is -4.27. The minimum Gasteiger partial charge on any atom is -0.450 e. The van der Waals surface area contributed by atoms with E-state index in [0.717, 1.165) is 11.1 Å². The molecule has 3 unspecified atom stereocenters. The van der Waals surface area contributed by atoms with Crippen molar-refractivity contribution in [3.8, 4) is 23.0 Å². The largest absolute Gasteiger partial charge is 0.479 e. The molecule has 2 aromatic carbocycles. The number of carbonyl (C=O) groups is 3. The summed E-state index contributed by atoms with van der Waals surface area (Å²) in [6.45, 7) is 6.57. The standard InChI is InChI=1S/C49H67N7O17P2S4/c1-49(2,16-22-68-47(58)52-18-23-64-25-26-65-24-19-53-48(59)69-29-39-37-14-6-4-12-35(37)36-13-5-7-15-38(36)39)79-78-32-66-20-8-9-21-67-46(57)51-17-10-11-34-28-56(45-43(34)44(50)54-31-55-45)42-27-40(70-33-77-76-3)41(72-42)30-71-75(62,63)73-74(60)61/h4-7,12-15,28,31,39-42,74H,8-9,16-27,29-30,32-33H2,1-3H3,(H,51,57)(H,52,58)(H,53,59)(H,60,61)(H,62,63)(H2,50,54,55)/t40?,41-,42-/m1/s1. The minimum absolute atomic E-state index is 0.00470. The second kappa shape index (κ2) is 33.6. The fourth-order valence-corrected chi connectivity index (χ4v) is 12.4. The predicted octanol–water partition coefficient (Wildman–Crippen LogP) is 7.85. The molecule has 434 valence electrons. The first-order chi connectivity index (χ1) is 38.1. The van der Waals surface area contributed by atoms with E-state index in [1.807, 2.05) is 30.5 Å². The average Bonchev–Trinajstić information content (AvgIpc) is 4.29. The van der Waals surface area contributed by atoms with E-state index in [0.29, 0.717) is 74.8 Å². The van der Waals surface area contributed by atoms with Crippen molar-refractivity contribution in [3.05, 3.63) is 77.7 Å². The number of hydrogen-bond acceptors (Lipinski definition) is 22. The number of phosphoric acid groups is 1. The number of carbonyl (C=O) groups excluding carboxylic acids is 3.